The van der Waals surface area contributed by atoms with Gasteiger partial charge in [0, 0.05) is 31.4 Å². The maximum absolute atomic E-state index is 14.1. The lowest BCUT2D eigenvalue weighted by atomic mass is 9.89. The van der Waals surface area contributed by atoms with Gasteiger partial charge < -0.3 is 9.47 Å². The Balaban J connectivity index is 2.41. The van der Waals surface area contributed by atoms with Crippen molar-refractivity contribution in [2.24, 2.45) is 5.41 Å². The molecule has 2 heterocycles. The summed E-state index contributed by atoms with van der Waals surface area (Å²) in [6, 6.07) is 0. The Bertz CT molecular complexity index is 462. The van der Waals surface area contributed by atoms with Crippen LogP contribution in [0.1, 0.15) is 30.7 Å². The number of amides is 1. The van der Waals surface area contributed by atoms with Gasteiger partial charge in [0.25, 0.3) is 0 Å². The van der Waals surface area contributed by atoms with Crippen LogP contribution in [0.15, 0.2) is 0 Å². The van der Waals surface area contributed by atoms with Crippen LogP contribution in [0.2, 0.25) is 0 Å². The summed E-state index contributed by atoms with van der Waals surface area (Å²) in [6.45, 7) is 7.29. The minimum absolute atomic E-state index is 0.109. The SMILES string of the molecule is Cc1c(CN(C)C=O)c2n(c1F)CC(C)(C)C2. The third-order valence-electron chi connectivity index (χ3n) is 3.49. The van der Waals surface area contributed by atoms with Crippen LogP contribution in [0.3, 0.4) is 0 Å². The van der Waals surface area contributed by atoms with Crippen LogP contribution in [0.5, 0.6) is 0 Å². The van der Waals surface area contributed by atoms with E-state index < -0.39 is 0 Å². The van der Waals surface area contributed by atoms with Crippen LogP contribution in [0, 0.1) is 18.3 Å². The minimum Gasteiger partial charge on any atom is -0.344 e. The Kier molecular flexibility index (Phi) is 2.76. The lowest BCUT2D eigenvalue weighted by Gasteiger charge is -2.17. The molecule has 0 atom stereocenters. The average molecular weight is 238 g/mol. The number of nitrogens with zero attached hydrogens (tertiary/aromatic N) is 2. The molecular formula is C13H19FN2O. The van der Waals surface area contributed by atoms with E-state index in [0.717, 1.165) is 30.6 Å². The maximum atomic E-state index is 14.1. The number of halogens is 1. The molecule has 1 aliphatic rings. The molecule has 1 amide bonds. The quantitative estimate of drug-likeness (QED) is 0.740. The molecule has 0 N–H and O–H groups in total. The van der Waals surface area contributed by atoms with E-state index in [4.69, 9.17) is 0 Å². The van der Waals surface area contributed by atoms with Crippen molar-refractivity contribution in [2.75, 3.05) is 7.05 Å². The van der Waals surface area contributed by atoms with Gasteiger partial charge in [-0.15, -0.1) is 0 Å². The summed E-state index contributed by atoms with van der Waals surface area (Å²) in [5.41, 5.74) is 2.82. The topological polar surface area (TPSA) is 25.2 Å². The Morgan fingerprint density at radius 1 is 1.53 bits per heavy atom. The van der Waals surface area contributed by atoms with E-state index in [1.165, 1.54) is 0 Å². The molecule has 0 unspecified atom stereocenters. The van der Waals surface area contributed by atoms with Gasteiger partial charge in [-0.1, -0.05) is 13.8 Å². The summed E-state index contributed by atoms with van der Waals surface area (Å²) in [5.74, 6) is -0.139. The number of rotatable bonds is 3. The van der Waals surface area contributed by atoms with Crippen molar-refractivity contribution in [3.8, 4) is 0 Å². The normalized spacial score (nSPS) is 17.0. The van der Waals surface area contributed by atoms with Gasteiger partial charge in [-0.05, 0) is 24.3 Å². The third-order valence-corrected chi connectivity index (χ3v) is 3.49. The molecule has 1 aliphatic heterocycles. The predicted molar refractivity (Wildman–Crippen MR) is 64.1 cm³/mol. The molecule has 2 rings (SSSR count). The van der Waals surface area contributed by atoms with Gasteiger partial charge in [-0.3, -0.25) is 4.79 Å². The van der Waals surface area contributed by atoms with Crippen LogP contribution in [0.4, 0.5) is 4.39 Å². The molecule has 0 fully saturated rings. The van der Waals surface area contributed by atoms with Crippen LogP contribution >= 0.6 is 0 Å². The lowest BCUT2D eigenvalue weighted by Crippen LogP contribution is -2.17. The van der Waals surface area contributed by atoms with E-state index in [1.807, 2.05) is 0 Å². The van der Waals surface area contributed by atoms with Gasteiger partial charge in [0.2, 0.25) is 6.41 Å². The molecule has 17 heavy (non-hydrogen) atoms. The molecule has 0 saturated heterocycles. The first-order valence-corrected chi connectivity index (χ1v) is 5.87. The molecule has 1 aromatic heterocycles. The van der Waals surface area contributed by atoms with E-state index in [1.54, 1.807) is 23.4 Å². The van der Waals surface area contributed by atoms with E-state index in [-0.39, 0.29) is 11.4 Å². The minimum atomic E-state index is -0.139. The monoisotopic (exact) mass is 238 g/mol. The van der Waals surface area contributed by atoms with E-state index in [2.05, 4.69) is 13.8 Å². The Hall–Kier alpha value is -1.32. The zero-order chi connectivity index (χ0) is 12.8. The summed E-state index contributed by atoms with van der Waals surface area (Å²) in [7, 11) is 1.72. The van der Waals surface area contributed by atoms with E-state index in [9.17, 15) is 9.18 Å². The molecule has 94 valence electrons. The average Bonchev–Trinajstić information content (AvgIpc) is 2.67. The molecule has 0 aromatic carbocycles. The summed E-state index contributed by atoms with van der Waals surface area (Å²) in [5, 5.41) is 0. The fourth-order valence-electron chi connectivity index (χ4n) is 2.63. The molecular weight excluding hydrogens is 219 g/mol. The molecule has 0 radical (unpaired) electrons. The number of hydrogen-bond donors (Lipinski definition) is 0. The van der Waals surface area contributed by atoms with Crippen molar-refractivity contribution < 1.29 is 9.18 Å². The zero-order valence-electron chi connectivity index (χ0n) is 10.9. The first kappa shape index (κ1) is 12.1. The Morgan fingerprint density at radius 2 is 2.18 bits per heavy atom. The van der Waals surface area contributed by atoms with Crippen LogP contribution in [0.25, 0.3) is 0 Å². The Morgan fingerprint density at radius 3 is 2.76 bits per heavy atom. The highest BCUT2D eigenvalue weighted by molar-refractivity contribution is 5.48. The number of carbonyl (C=O) groups excluding carboxylic acids is 1. The van der Waals surface area contributed by atoms with Gasteiger partial charge in [-0.25, -0.2) is 0 Å². The summed E-state index contributed by atoms with van der Waals surface area (Å²) < 4.78 is 15.8. The molecule has 0 spiro atoms. The van der Waals surface area contributed by atoms with Crippen molar-refractivity contribution >= 4 is 6.41 Å². The van der Waals surface area contributed by atoms with E-state index >= 15 is 0 Å². The van der Waals surface area contributed by atoms with Gasteiger partial charge in [0.1, 0.15) is 0 Å². The molecule has 0 saturated carbocycles. The fourth-order valence-corrected chi connectivity index (χ4v) is 2.63. The first-order chi connectivity index (χ1) is 7.85. The van der Waals surface area contributed by atoms with Gasteiger partial charge >= 0.3 is 0 Å². The highest BCUT2D eigenvalue weighted by Gasteiger charge is 2.34. The predicted octanol–water partition coefficient (Wildman–Crippen LogP) is 2.11. The van der Waals surface area contributed by atoms with Gasteiger partial charge in [0.15, 0.2) is 5.95 Å². The number of hydrogen-bond acceptors (Lipinski definition) is 1. The number of aromatic nitrogens is 1. The van der Waals surface area contributed by atoms with E-state index in [0.29, 0.717) is 12.1 Å². The molecule has 0 aliphatic carbocycles. The molecule has 1 aromatic rings. The standard InChI is InChI=1S/C13H19FN2O/c1-9-10(6-15(4)8-17)11-5-13(2,3)7-16(11)12(9)14/h8H,5-7H2,1-4H3. The second kappa shape index (κ2) is 3.86. The van der Waals surface area contributed by atoms with Crippen molar-refractivity contribution in [1.29, 1.82) is 0 Å². The summed E-state index contributed by atoms with van der Waals surface area (Å²) in [6.07, 6.45) is 1.65. The maximum Gasteiger partial charge on any atom is 0.209 e. The van der Waals surface area contributed by atoms with Crippen molar-refractivity contribution in [1.82, 2.24) is 9.47 Å². The van der Waals surface area contributed by atoms with Gasteiger partial charge in [-0.2, -0.15) is 4.39 Å². The van der Waals surface area contributed by atoms with Crippen LogP contribution in [-0.4, -0.2) is 22.9 Å². The molecule has 3 nitrogen and oxygen atoms in total. The molecule has 4 heteroatoms. The second-order valence-corrected chi connectivity index (χ2v) is 5.79. The smallest absolute Gasteiger partial charge is 0.209 e. The van der Waals surface area contributed by atoms with Crippen molar-refractivity contribution in [3.63, 3.8) is 0 Å². The van der Waals surface area contributed by atoms with Crippen molar-refractivity contribution in [2.45, 2.75) is 40.3 Å². The fraction of sp³-hybridized carbons (Fsp3) is 0.615. The summed E-state index contributed by atoms with van der Waals surface area (Å²) in [4.78, 5) is 12.2. The van der Waals surface area contributed by atoms with Gasteiger partial charge in [0.05, 0.1) is 0 Å². The summed E-state index contributed by atoms with van der Waals surface area (Å²) >= 11 is 0. The van der Waals surface area contributed by atoms with Crippen LogP contribution in [-0.2, 0) is 24.3 Å². The van der Waals surface area contributed by atoms with Crippen LogP contribution < -0.4 is 0 Å². The first-order valence-electron chi connectivity index (χ1n) is 5.87. The number of carbonyl (C=O) groups is 1. The Labute approximate surface area is 101 Å². The third kappa shape index (κ3) is 1.96. The highest BCUT2D eigenvalue weighted by atomic mass is 19.1. The lowest BCUT2D eigenvalue weighted by molar-refractivity contribution is -0.117. The largest absolute Gasteiger partial charge is 0.344 e. The van der Waals surface area contributed by atoms with Crippen molar-refractivity contribution in [3.05, 3.63) is 22.8 Å². The molecule has 0 bridgehead atoms. The zero-order valence-corrected chi connectivity index (χ0v) is 10.9. The number of fused-ring (bicyclic) bond motifs is 1. The second-order valence-electron chi connectivity index (χ2n) is 5.79. The highest BCUT2D eigenvalue weighted by Crippen LogP contribution is 2.37.